The monoisotopic (exact) mass is 339 g/mol. The maximum absolute atomic E-state index is 12.7. The van der Waals surface area contributed by atoms with E-state index in [0.717, 1.165) is 19.6 Å². The van der Waals surface area contributed by atoms with Crippen LogP contribution in [0.4, 0.5) is 0 Å². The molecule has 0 aliphatic carbocycles. The van der Waals surface area contributed by atoms with Crippen LogP contribution < -0.4 is 9.64 Å². The Bertz CT molecular complexity index is 626. The first-order chi connectivity index (χ1) is 10.9. The predicted octanol–water partition coefficient (Wildman–Crippen LogP) is 0.941. The van der Waals surface area contributed by atoms with Crippen LogP contribution in [0.5, 0.6) is 5.75 Å². The molecule has 1 aliphatic heterocycles. The van der Waals surface area contributed by atoms with Crippen molar-refractivity contribution >= 4 is 10.0 Å². The van der Waals surface area contributed by atoms with Crippen molar-refractivity contribution in [2.75, 3.05) is 39.3 Å². The second-order valence-electron chi connectivity index (χ2n) is 6.04. The lowest BCUT2D eigenvalue weighted by atomic mass is 10.3. The van der Waals surface area contributed by atoms with Crippen molar-refractivity contribution in [3.63, 3.8) is 0 Å². The highest BCUT2D eigenvalue weighted by Crippen LogP contribution is 2.19. The molecule has 0 aromatic heterocycles. The molecule has 0 amide bonds. The van der Waals surface area contributed by atoms with Crippen molar-refractivity contribution in [1.29, 1.82) is 0 Å². The lowest BCUT2D eigenvalue weighted by Crippen LogP contribution is -3.14. The SMILES string of the molecule is CCOc1ccc(S(=O)(=O)N2CC[NH+](CC=C(C)C)CC2)cc1. The fourth-order valence-electron chi connectivity index (χ4n) is 2.62. The molecule has 0 spiro atoms. The highest BCUT2D eigenvalue weighted by atomic mass is 32.2. The van der Waals surface area contributed by atoms with Crippen molar-refractivity contribution < 1.29 is 18.1 Å². The van der Waals surface area contributed by atoms with Crippen LogP contribution in [0.2, 0.25) is 0 Å². The Hall–Kier alpha value is -1.37. The average molecular weight is 339 g/mol. The Labute approximate surface area is 139 Å². The van der Waals surface area contributed by atoms with Crippen molar-refractivity contribution in [3.8, 4) is 5.75 Å². The molecular weight excluding hydrogens is 312 g/mol. The summed E-state index contributed by atoms with van der Waals surface area (Å²) in [6, 6.07) is 6.69. The van der Waals surface area contributed by atoms with Crippen LogP contribution in [0.25, 0.3) is 0 Å². The van der Waals surface area contributed by atoms with Crippen molar-refractivity contribution in [3.05, 3.63) is 35.9 Å². The number of sulfonamides is 1. The normalized spacial score (nSPS) is 17.0. The maximum atomic E-state index is 12.7. The van der Waals surface area contributed by atoms with Crippen molar-refractivity contribution in [2.24, 2.45) is 0 Å². The molecule has 6 heteroatoms. The fourth-order valence-corrected chi connectivity index (χ4v) is 4.06. The standard InChI is InChI=1S/C17H26N2O3S/c1-4-22-16-5-7-17(8-6-16)23(20,21)19-13-11-18(12-14-19)10-9-15(2)3/h5-9H,4,10-14H2,1-3H3/p+1. The fraction of sp³-hybridized carbons (Fsp3) is 0.529. The van der Waals surface area contributed by atoms with Gasteiger partial charge in [0.05, 0.1) is 44.2 Å². The molecule has 0 unspecified atom stereocenters. The number of nitrogens with zero attached hydrogens (tertiary/aromatic N) is 1. The van der Waals surface area contributed by atoms with Gasteiger partial charge in [-0.15, -0.1) is 0 Å². The number of allylic oxidation sites excluding steroid dienone is 1. The number of hydrogen-bond donors (Lipinski definition) is 1. The zero-order chi connectivity index (χ0) is 16.9. The van der Waals surface area contributed by atoms with Crippen LogP contribution in [-0.4, -0.2) is 52.1 Å². The van der Waals surface area contributed by atoms with Gasteiger partial charge in [0.2, 0.25) is 10.0 Å². The smallest absolute Gasteiger partial charge is 0.243 e. The van der Waals surface area contributed by atoms with Crippen LogP contribution in [0.1, 0.15) is 20.8 Å². The first-order valence-corrected chi connectivity index (χ1v) is 9.57. The third kappa shape index (κ3) is 4.80. The third-order valence-corrected chi connectivity index (χ3v) is 5.91. The van der Waals surface area contributed by atoms with E-state index in [1.165, 1.54) is 10.5 Å². The number of quaternary nitrogens is 1. The van der Waals surface area contributed by atoms with E-state index in [0.29, 0.717) is 30.3 Å². The molecule has 0 radical (unpaired) electrons. The van der Waals surface area contributed by atoms with E-state index in [1.54, 1.807) is 28.6 Å². The summed E-state index contributed by atoms with van der Waals surface area (Å²) in [7, 11) is -3.40. The molecule has 0 atom stereocenters. The Morgan fingerprint density at radius 1 is 1.22 bits per heavy atom. The van der Waals surface area contributed by atoms with Crippen molar-refractivity contribution in [1.82, 2.24) is 4.31 Å². The average Bonchev–Trinajstić information content (AvgIpc) is 2.54. The summed E-state index contributed by atoms with van der Waals surface area (Å²) in [5.74, 6) is 0.697. The van der Waals surface area contributed by atoms with E-state index in [9.17, 15) is 8.42 Å². The molecule has 1 saturated heterocycles. The van der Waals surface area contributed by atoms with Gasteiger partial charge in [-0.05, 0) is 51.1 Å². The lowest BCUT2D eigenvalue weighted by molar-refractivity contribution is -0.897. The summed E-state index contributed by atoms with van der Waals surface area (Å²) in [5, 5.41) is 0. The van der Waals surface area contributed by atoms with Crippen LogP contribution in [0, 0.1) is 0 Å². The molecular formula is C17H27N2O3S+. The minimum absolute atomic E-state index is 0.341. The molecule has 1 N–H and O–H groups in total. The van der Waals surface area contributed by atoms with Gasteiger partial charge in [-0.25, -0.2) is 8.42 Å². The summed E-state index contributed by atoms with van der Waals surface area (Å²) in [5.41, 5.74) is 1.31. The maximum Gasteiger partial charge on any atom is 0.243 e. The molecule has 1 aromatic rings. The topological polar surface area (TPSA) is 51.1 Å². The van der Waals surface area contributed by atoms with Gasteiger partial charge in [-0.3, -0.25) is 0 Å². The highest BCUT2D eigenvalue weighted by Gasteiger charge is 2.29. The van der Waals surface area contributed by atoms with E-state index in [-0.39, 0.29) is 0 Å². The molecule has 0 saturated carbocycles. The van der Waals surface area contributed by atoms with Gasteiger partial charge in [0.25, 0.3) is 0 Å². The largest absolute Gasteiger partial charge is 0.494 e. The molecule has 23 heavy (non-hydrogen) atoms. The highest BCUT2D eigenvalue weighted by molar-refractivity contribution is 7.89. The number of benzene rings is 1. The minimum atomic E-state index is -3.40. The Balaban J connectivity index is 1.99. The molecule has 2 rings (SSSR count). The molecule has 1 aromatic carbocycles. The van der Waals surface area contributed by atoms with Gasteiger partial charge in [0.15, 0.2) is 0 Å². The second kappa shape index (κ2) is 7.95. The molecule has 128 valence electrons. The molecule has 5 nitrogen and oxygen atoms in total. The summed E-state index contributed by atoms with van der Waals surface area (Å²) >= 11 is 0. The third-order valence-electron chi connectivity index (χ3n) is 4.00. The van der Waals surface area contributed by atoms with E-state index in [2.05, 4.69) is 19.9 Å². The second-order valence-corrected chi connectivity index (χ2v) is 7.98. The number of ether oxygens (including phenoxy) is 1. The summed E-state index contributed by atoms with van der Waals surface area (Å²) in [4.78, 5) is 1.78. The first kappa shape index (κ1) is 18.0. The van der Waals surface area contributed by atoms with Crippen LogP contribution in [0.15, 0.2) is 40.8 Å². The zero-order valence-electron chi connectivity index (χ0n) is 14.2. The number of rotatable bonds is 6. The van der Waals surface area contributed by atoms with E-state index in [4.69, 9.17) is 4.74 Å². The van der Waals surface area contributed by atoms with Gasteiger partial charge < -0.3 is 9.64 Å². The van der Waals surface area contributed by atoms with E-state index in [1.807, 2.05) is 6.92 Å². The predicted molar refractivity (Wildman–Crippen MR) is 91.4 cm³/mol. The minimum Gasteiger partial charge on any atom is -0.494 e. The van der Waals surface area contributed by atoms with Gasteiger partial charge >= 0.3 is 0 Å². The van der Waals surface area contributed by atoms with Gasteiger partial charge in [0, 0.05) is 0 Å². The number of piperazine rings is 1. The summed E-state index contributed by atoms with van der Waals surface area (Å²) < 4.78 is 32.3. The van der Waals surface area contributed by atoms with E-state index < -0.39 is 10.0 Å². The van der Waals surface area contributed by atoms with Crippen LogP contribution >= 0.6 is 0 Å². The summed E-state index contributed by atoms with van der Waals surface area (Å²) in [6.45, 7) is 10.5. The Kier molecular flexibility index (Phi) is 6.21. The molecule has 0 bridgehead atoms. The van der Waals surface area contributed by atoms with Gasteiger partial charge in [-0.2, -0.15) is 4.31 Å². The quantitative estimate of drug-likeness (QED) is 0.785. The number of hydrogen-bond acceptors (Lipinski definition) is 3. The summed E-state index contributed by atoms with van der Waals surface area (Å²) in [6.07, 6.45) is 2.21. The van der Waals surface area contributed by atoms with Gasteiger partial charge in [-0.1, -0.05) is 5.57 Å². The molecule has 1 fully saturated rings. The van der Waals surface area contributed by atoms with Gasteiger partial charge in [0.1, 0.15) is 5.75 Å². The zero-order valence-corrected chi connectivity index (χ0v) is 15.0. The lowest BCUT2D eigenvalue weighted by Gasteiger charge is -2.31. The van der Waals surface area contributed by atoms with Crippen LogP contribution in [-0.2, 0) is 10.0 Å². The first-order valence-electron chi connectivity index (χ1n) is 8.13. The Morgan fingerprint density at radius 2 is 1.83 bits per heavy atom. The number of nitrogens with one attached hydrogen (secondary N) is 1. The molecule has 1 aliphatic rings. The molecule has 1 heterocycles. The van der Waals surface area contributed by atoms with E-state index >= 15 is 0 Å². The van der Waals surface area contributed by atoms with Crippen LogP contribution in [0.3, 0.4) is 0 Å². The Morgan fingerprint density at radius 3 is 2.35 bits per heavy atom. The van der Waals surface area contributed by atoms with Crippen molar-refractivity contribution in [2.45, 2.75) is 25.7 Å².